The highest BCUT2D eigenvalue weighted by molar-refractivity contribution is 7.14. The number of hydrogen-bond acceptors (Lipinski definition) is 4. The van der Waals surface area contributed by atoms with Gasteiger partial charge in [-0.15, -0.1) is 11.3 Å². The molecule has 2 heterocycles. The van der Waals surface area contributed by atoms with Gasteiger partial charge >= 0.3 is 12.0 Å². The summed E-state index contributed by atoms with van der Waals surface area (Å²) in [5.74, 6) is -0.527. The second-order valence-electron chi connectivity index (χ2n) is 5.68. The highest BCUT2D eigenvalue weighted by Crippen LogP contribution is 2.31. The second kappa shape index (κ2) is 6.03. The van der Waals surface area contributed by atoms with Crippen molar-refractivity contribution in [2.24, 2.45) is 5.92 Å². The highest BCUT2D eigenvalue weighted by atomic mass is 32.1. The fourth-order valence-corrected chi connectivity index (χ4v) is 3.53. The molecular formula is C14H19N3O3S. The molecule has 0 aromatic carbocycles. The summed E-state index contributed by atoms with van der Waals surface area (Å²) < 4.78 is 0. The van der Waals surface area contributed by atoms with Crippen molar-refractivity contribution < 1.29 is 14.7 Å². The molecule has 3 rings (SSSR count). The third-order valence-electron chi connectivity index (χ3n) is 4.05. The highest BCUT2D eigenvalue weighted by Gasteiger charge is 2.34. The van der Waals surface area contributed by atoms with Crippen molar-refractivity contribution in [1.82, 2.24) is 10.2 Å². The number of urea groups is 1. The Morgan fingerprint density at radius 2 is 2.19 bits per heavy atom. The van der Waals surface area contributed by atoms with Crippen molar-refractivity contribution in [3.05, 3.63) is 17.0 Å². The van der Waals surface area contributed by atoms with Crippen LogP contribution in [0.2, 0.25) is 0 Å². The van der Waals surface area contributed by atoms with Gasteiger partial charge in [0, 0.05) is 19.1 Å². The van der Waals surface area contributed by atoms with E-state index in [1.807, 2.05) is 0 Å². The van der Waals surface area contributed by atoms with Gasteiger partial charge in [0.25, 0.3) is 0 Å². The molecule has 114 valence electrons. The first kappa shape index (κ1) is 14.3. The molecule has 21 heavy (non-hydrogen) atoms. The number of rotatable bonds is 5. The average Bonchev–Trinajstić information content (AvgIpc) is 3.00. The number of carboxylic acids is 1. The second-order valence-corrected chi connectivity index (χ2v) is 6.60. The minimum absolute atomic E-state index is 0.135. The molecule has 1 aliphatic carbocycles. The van der Waals surface area contributed by atoms with Crippen LogP contribution in [-0.2, 0) is 0 Å². The number of likely N-dealkylation sites (tertiary alicyclic amines) is 1. The summed E-state index contributed by atoms with van der Waals surface area (Å²) in [7, 11) is 0. The van der Waals surface area contributed by atoms with Crippen LogP contribution >= 0.6 is 11.3 Å². The van der Waals surface area contributed by atoms with Gasteiger partial charge in [0.1, 0.15) is 5.00 Å². The lowest BCUT2D eigenvalue weighted by atomic mass is 10.1. The molecule has 1 saturated heterocycles. The predicted octanol–water partition coefficient (Wildman–Crippen LogP) is 2.05. The smallest absolute Gasteiger partial charge is 0.338 e. The summed E-state index contributed by atoms with van der Waals surface area (Å²) in [4.78, 5) is 25.3. The molecule has 0 bridgehead atoms. The fourth-order valence-electron chi connectivity index (χ4n) is 2.76. The molecule has 1 atom stereocenters. The summed E-state index contributed by atoms with van der Waals surface area (Å²) in [6, 6.07) is 1.95. The van der Waals surface area contributed by atoms with Crippen LogP contribution in [0.15, 0.2) is 11.4 Å². The molecule has 2 fully saturated rings. The van der Waals surface area contributed by atoms with Crippen LogP contribution in [0.3, 0.4) is 0 Å². The zero-order chi connectivity index (χ0) is 14.8. The molecule has 0 radical (unpaired) electrons. The van der Waals surface area contributed by atoms with Gasteiger partial charge in [0.15, 0.2) is 0 Å². The Morgan fingerprint density at radius 3 is 2.90 bits per heavy atom. The average molecular weight is 309 g/mol. The number of carbonyl (C=O) groups excluding carboxylic acids is 1. The maximum absolute atomic E-state index is 11.8. The Bertz CT molecular complexity index is 541. The van der Waals surface area contributed by atoms with E-state index in [0.717, 1.165) is 25.6 Å². The Morgan fingerprint density at radius 1 is 1.38 bits per heavy atom. The number of aromatic carboxylic acids is 1. The van der Waals surface area contributed by atoms with E-state index in [2.05, 4.69) is 15.5 Å². The predicted molar refractivity (Wildman–Crippen MR) is 81.0 cm³/mol. The van der Waals surface area contributed by atoms with Crippen molar-refractivity contribution in [3.8, 4) is 0 Å². The number of amides is 2. The number of hydrogen-bond donors (Lipinski definition) is 3. The third-order valence-corrected chi connectivity index (χ3v) is 4.88. The van der Waals surface area contributed by atoms with Crippen molar-refractivity contribution in [2.75, 3.05) is 25.0 Å². The Kier molecular flexibility index (Phi) is 4.12. The molecule has 1 aromatic rings. The maximum Gasteiger partial charge on any atom is 0.338 e. The van der Waals surface area contributed by atoms with Gasteiger partial charge in [0.05, 0.1) is 5.56 Å². The van der Waals surface area contributed by atoms with Crippen LogP contribution in [-0.4, -0.2) is 47.7 Å². The first-order chi connectivity index (χ1) is 10.1. The first-order valence-corrected chi connectivity index (χ1v) is 8.11. The Balaban J connectivity index is 1.44. The van der Waals surface area contributed by atoms with Crippen molar-refractivity contribution in [3.63, 3.8) is 0 Å². The number of thiophene rings is 1. The van der Waals surface area contributed by atoms with Crippen molar-refractivity contribution in [2.45, 2.75) is 25.3 Å². The van der Waals surface area contributed by atoms with E-state index in [4.69, 9.17) is 5.11 Å². The zero-order valence-corrected chi connectivity index (χ0v) is 12.5. The lowest BCUT2D eigenvalue weighted by molar-refractivity contribution is 0.0698. The van der Waals surface area contributed by atoms with Gasteiger partial charge in [0.2, 0.25) is 0 Å². The van der Waals surface area contributed by atoms with E-state index in [9.17, 15) is 9.59 Å². The topological polar surface area (TPSA) is 81.7 Å². The molecule has 1 aromatic heterocycles. The molecule has 1 saturated carbocycles. The molecule has 1 aliphatic heterocycles. The molecule has 2 aliphatic rings. The number of carboxylic acid groups (broad SMARTS) is 1. The van der Waals surface area contributed by atoms with E-state index in [0.29, 0.717) is 17.5 Å². The van der Waals surface area contributed by atoms with Crippen LogP contribution in [0.4, 0.5) is 9.80 Å². The molecule has 1 unspecified atom stereocenters. The first-order valence-electron chi connectivity index (χ1n) is 7.23. The summed E-state index contributed by atoms with van der Waals surface area (Å²) in [5.41, 5.74) is 0.135. The van der Waals surface area contributed by atoms with E-state index in [1.165, 1.54) is 30.2 Å². The summed E-state index contributed by atoms with van der Waals surface area (Å²) in [6.45, 7) is 2.83. The quantitative estimate of drug-likeness (QED) is 0.777. The lowest BCUT2D eigenvalue weighted by Gasteiger charge is -2.15. The van der Waals surface area contributed by atoms with E-state index in [-0.39, 0.29) is 11.6 Å². The monoisotopic (exact) mass is 309 g/mol. The van der Waals surface area contributed by atoms with E-state index >= 15 is 0 Å². The molecular weight excluding hydrogens is 290 g/mol. The number of carbonyl (C=O) groups is 2. The third kappa shape index (κ3) is 3.54. The summed E-state index contributed by atoms with van der Waals surface area (Å²) >= 11 is 1.22. The Labute approximate surface area is 127 Å². The van der Waals surface area contributed by atoms with Crippen LogP contribution in [0.5, 0.6) is 0 Å². The van der Waals surface area contributed by atoms with E-state index < -0.39 is 5.97 Å². The van der Waals surface area contributed by atoms with Gasteiger partial charge in [-0.1, -0.05) is 0 Å². The molecule has 2 amide bonds. The standard InChI is InChI=1S/C14H19N3O3S/c18-13(19)11-4-6-21-12(11)16-14(20)15-7-9-3-5-17(8-9)10-1-2-10/h4,6,9-10H,1-3,5,7-8H2,(H,18,19)(H2,15,16,20). The largest absolute Gasteiger partial charge is 0.478 e. The molecule has 7 heteroatoms. The van der Waals surface area contributed by atoms with Crippen molar-refractivity contribution >= 4 is 28.3 Å². The van der Waals surface area contributed by atoms with Crippen LogP contribution in [0, 0.1) is 5.92 Å². The van der Waals surface area contributed by atoms with Crippen LogP contribution in [0.1, 0.15) is 29.6 Å². The van der Waals surface area contributed by atoms with Crippen LogP contribution < -0.4 is 10.6 Å². The lowest BCUT2D eigenvalue weighted by Crippen LogP contribution is -2.34. The van der Waals surface area contributed by atoms with Gasteiger partial charge in [-0.05, 0) is 43.2 Å². The summed E-state index contributed by atoms with van der Waals surface area (Å²) in [5, 5.41) is 16.5. The zero-order valence-electron chi connectivity index (χ0n) is 11.7. The number of anilines is 1. The Hall–Kier alpha value is -1.60. The van der Waals surface area contributed by atoms with Crippen LogP contribution in [0.25, 0.3) is 0 Å². The van der Waals surface area contributed by atoms with Gasteiger partial charge in [-0.25, -0.2) is 9.59 Å². The SMILES string of the molecule is O=C(NCC1CCN(C2CC2)C1)Nc1sccc1C(=O)O. The van der Waals surface area contributed by atoms with Gasteiger partial charge < -0.3 is 15.3 Å². The number of nitrogens with one attached hydrogen (secondary N) is 2. The van der Waals surface area contributed by atoms with Gasteiger partial charge in [-0.2, -0.15) is 0 Å². The minimum Gasteiger partial charge on any atom is -0.478 e. The summed E-state index contributed by atoms with van der Waals surface area (Å²) in [6.07, 6.45) is 3.75. The minimum atomic E-state index is -1.03. The maximum atomic E-state index is 11.8. The van der Waals surface area contributed by atoms with Crippen molar-refractivity contribution in [1.29, 1.82) is 0 Å². The normalized spacial score (nSPS) is 22.2. The van der Waals surface area contributed by atoms with Gasteiger partial charge in [-0.3, -0.25) is 5.32 Å². The fraction of sp³-hybridized carbons (Fsp3) is 0.571. The molecule has 0 spiro atoms. The number of nitrogens with zero attached hydrogens (tertiary/aromatic N) is 1. The molecule has 6 nitrogen and oxygen atoms in total. The molecule has 3 N–H and O–H groups in total. The van der Waals surface area contributed by atoms with E-state index in [1.54, 1.807) is 5.38 Å².